The minimum atomic E-state index is -2.87. The van der Waals surface area contributed by atoms with E-state index in [1.165, 1.54) is 30.7 Å². The second-order valence-electron chi connectivity index (χ2n) is 6.06. The maximum atomic E-state index is 11.2. The quantitative estimate of drug-likeness (QED) is 0.441. The van der Waals surface area contributed by atoms with Crippen molar-refractivity contribution < 1.29 is 24.9 Å². The molecule has 2 aromatic heterocycles. The third-order valence-corrected chi connectivity index (χ3v) is 3.88. The molecule has 0 bridgehead atoms. The zero-order valence-corrected chi connectivity index (χ0v) is 14.6. The number of phenolic OH excluding ortho intramolecular Hbond substituents is 1. The molecule has 1 aromatic carbocycles. The Balaban J connectivity index is 2.08. The van der Waals surface area contributed by atoms with Gasteiger partial charge in [-0.15, -0.1) is 0 Å². The molecule has 0 saturated heterocycles. The van der Waals surface area contributed by atoms with E-state index >= 15 is 0 Å². The summed E-state index contributed by atoms with van der Waals surface area (Å²) in [5.74, 6) is -3.42. The SMILES string of the molecule is CC(C)n1nccc1-c1ncncc1C(O)(O)Oc1cccc(O)c1C=O. The van der Waals surface area contributed by atoms with Gasteiger partial charge in [-0.3, -0.25) is 9.48 Å². The summed E-state index contributed by atoms with van der Waals surface area (Å²) < 4.78 is 6.90. The summed E-state index contributed by atoms with van der Waals surface area (Å²) in [7, 11) is 0. The van der Waals surface area contributed by atoms with Gasteiger partial charge < -0.3 is 20.1 Å². The lowest BCUT2D eigenvalue weighted by molar-refractivity contribution is -0.304. The number of nitrogens with zero attached hydrogens (tertiary/aromatic N) is 4. The number of aliphatic hydroxyl groups is 2. The van der Waals surface area contributed by atoms with Crippen LogP contribution in [0.2, 0.25) is 0 Å². The molecule has 3 N–H and O–H groups in total. The molecule has 0 aliphatic rings. The standard InChI is InChI=1S/C18H18N4O5/c1-11(2)22-14(6-7-21-22)17-13(8-19-10-20-17)18(25,26)27-16-5-3-4-15(24)12(16)9-23/h3-11,24-26H,1-2H3. The van der Waals surface area contributed by atoms with Gasteiger partial charge >= 0.3 is 5.97 Å². The molecule has 0 fully saturated rings. The fourth-order valence-electron chi connectivity index (χ4n) is 2.63. The summed E-state index contributed by atoms with van der Waals surface area (Å²) in [6.07, 6.45) is 4.39. The van der Waals surface area contributed by atoms with Crippen molar-refractivity contribution in [2.45, 2.75) is 25.9 Å². The number of aromatic nitrogens is 4. The lowest BCUT2D eigenvalue weighted by Crippen LogP contribution is -2.34. The Morgan fingerprint density at radius 3 is 2.74 bits per heavy atom. The smallest absolute Gasteiger partial charge is 0.355 e. The molecule has 3 aromatic rings. The van der Waals surface area contributed by atoms with Crippen molar-refractivity contribution in [3.05, 3.63) is 54.1 Å². The van der Waals surface area contributed by atoms with Crippen LogP contribution in [0.25, 0.3) is 11.4 Å². The van der Waals surface area contributed by atoms with Crippen LogP contribution in [0.4, 0.5) is 0 Å². The summed E-state index contributed by atoms with van der Waals surface area (Å²) in [4.78, 5) is 19.2. The highest BCUT2D eigenvalue weighted by molar-refractivity contribution is 5.83. The Hall–Kier alpha value is -3.30. The van der Waals surface area contributed by atoms with E-state index in [1.807, 2.05) is 13.8 Å². The highest BCUT2D eigenvalue weighted by atomic mass is 16.8. The first kappa shape index (κ1) is 18.5. The summed E-state index contributed by atoms with van der Waals surface area (Å²) in [6, 6.07) is 5.69. The van der Waals surface area contributed by atoms with Gasteiger partial charge in [0, 0.05) is 18.4 Å². The Labute approximate surface area is 154 Å². The van der Waals surface area contributed by atoms with Gasteiger partial charge in [-0.2, -0.15) is 5.10 Å². The number of benzene rings is 1. The fourth-order valence-corrected chi connectivity index (χ4v) is 2.63. The number of hydrogen-bond donors (Lipinski definition) is 3. The molecule has 0 aliphatic carbocycles. The van der Waals surface area contributed by atoms with E-state index < -0.39 is 5.97 Å². The minimum absolute atomic E-state index is 0.00162. The lowest BCUT2D eigenvalue weighted by atomic mass is 10.1. The number of rotatable bonds is 6. The van der Waals surface area contributed by atoms with E-state index in [4.69, 9.17) is 4.74 Å². The van der Waals surface area contributed by atoms with Crippen LogP contribution in [0.3, 0.4) is 0 Å². The highest BCUT2D eigenvalue weighted by Gasteiger charge is 2.35. The molecule has 0 amide bonds. The number of hydrogen-bond acceptors (Lipinski definition) is 8. The Kier molecular flexibility index (Phi) is 4.89. The Bertz CT molecular complexity index is 968. The molecular weight excluding hydrogens is 352 g/mol. The average molecular weight is 370 g/mol. The predicted molar refractivity (Wildman–Crippen MR) is 93.9 cm³/mol. The third kappa shape index (κ3) is 3.50. The van der Waals surface area contributed by atoms with Crippen molar-refractivity contribution in [2.24, 2.45) is 0 Å². The van der Waals surface area contributed by atoms with E-state index in [-0.39, 0.29) is 34.4 Å². The van der Waals surface area contributed by atoms with E-state index in [1.54, 1.807) is 16.9 Å². The maximum absolute atomic E-state index is 11.2. The van der Waals surface area contributed by atoms with Crippen LogP contribution in [0.15, 0.2) is 43.0 Å². The molecule has 0 spiro atoms. The second kappa shape index (κ2) is 7.14. The molecule has 0 saturated carbocycles. The maximum Gasteiger partial charge on any atom is 0.355 e. The molecule has 0 unspecified atom stereocenters. The van der Waals surface area contributed by atoms with Gasteiger partial charge in [-0.25, -0.2) is 9.97 Å². The van der Waals surface area contributed by atoms with E-state index in [0.29, 0.717) is 12.0 Å². The van der Waals surface area contributed by atoms with Gasteiger partial charge in [0.15, 0.2) is 6.29 Å². The molecule has 0 radical (unpaired) electrons. The van der Waals surface area contributed by atoms with Crippen LogP contribution in [0, 0.1) is 0 Å². The molecular formula is C18H18N4O5. The van der Waals surface area contributed by atoms with Crippen LogP contribution in [-0.2, 0) is 5.97 Å². The number of ether oxygens (including phenoxy) is 1. The van der Waals surface area contributed by atoms with Gasteiger partial charge in [0.2, 0.25) is 0 Å². The normalized spacial score (nSPS) is 11.6. The summed E-state index contributed by atoms with van der Waals surface area (Å²) in [5.41, 5.74) is 0.377. The van der Waals surface area contributed by atoms with Crippen molar-refractivity contribution in [3.8, 4) is 22.9 Å². The number of phenols is 1. The van der Waals surface area contributed by atoms with Crippen molar-refractivity contribution in [3.63, 3.8) is 0 Å². The summed E-state index contributed by atoms with van der Waals surface area (Å²) >= 11 is 0. The molecule has 9 nitrogen and oxygen atoms in total. The lowest BCUT2D eigenvalue weighted by Gasteiger charge is -2.25. The molecule has 0 atom stereocenters. The summed E-state index contributed by atoms with van der Waals surface area (Å²) in [6.45, 7) is 3.84. The van der Waals surface area contributed by atoms with Gasteiger partial charge in [0.05, 0.1) is 11.3 Å². The molecule has 2 heterocycles. The van der Waals surface area contributed by atoms with Crippen LogP contribution >= 0.6 is 0 Å². The van der Waals surface area contributed by atoms with Crippen molar-refractivity contribution in [2.75, 3.05) is 0 Å². The highest BCUT2D eigenvalue weighted by Crippen LogP contribution is 2.34. The topological polar surface area (TPSA) is 131 Å². The number of aldehydes is 1. The van der Waals surface area contributed by atoms with E-state index in [0.717, 1.165) is 0 Å². The summed E-state index contributed by atoms with van der Waals surface area (Å²) in [5, 5.41) is 35.1. The fraction of sp³-hybridized carbons (Fsp3) is 0.222. The Morgan fingerprint density at radius 1 is 1.26 bits per heavy atom. The number of carbonyl (C=O) groups is 1. The van der Waals surface area contributed by atoms with Crippen molar-refractivity contribution in [1.82, 2.24) is 19.7 Å². The number of aromatic hydroxyl groups is 1. The molecule has 9 heteroatoms. The van der Waals surface area contributed by atoms with Gasteiger partial charge in [-0.1, -0.05) is 6.07 Å². The second-order valence-corrected chi connectivity index (χ2v) is 6.06. The van der Waals surface area contributed by atoms with Crippen molar-refractivity contribution >= 4 is 6.29 Å². The minimum Gasteiger partial charge on any atom is -0.507 e. The van der Waals surface area contributed by atoms with Gasteiger partial charge in [0.25, 0.3) is 0 Å². The van der Waals surface area contributed by atoms with Crippen LogP contribution < -0.4 is 4.74 Å². The zero-order chi connectivity index (χ0) is 19.6. The first-order chi connectivity index (χ1) is 12.8. The predicted octanol–water partition coefficient (Wildman–Crippen LogP) is 1.61. The van der Waals surface area contributed by atoms with Gasteiger partial charge in [0.1, 0.15) is 29.1 Å². The Morgan fingerprint density at radius 2 is 2.04 bits per heavy atom. The molecule has 27 heavy (non-hydrogen) atoms. The van der Waals surface area contributed by atoms with Crippen LogP contribution in [-0.4, -0.2) is 41.4 Å². The third-order valence-electron chi connectivity index (χ3n) is 3.88. The largest absolute Gasteiger partial charge is 0.507 e. The van der Waals surface area contributed by atoms with E-state index in [2.05, 4.69) is 15.1 Å². The zero-order valence-electron chi connectivity index (χ0n) is 14.6. The molecule has 3 rings (SSSR count). The first-order valence-corrected chi connectivity index (χ1v) is 8.10. The van der Waals surface area contributed by atoms with Crippen LogP contribution in [0.1, 0.15) is 35.8 Å². The van der Waals surface area contributed by atoms with E-state index in [9.17, 15) is 20.1 Å². The van der Waals surface area contributed by atoms with Gasteiger partial charge in [-0.05, 0) is 32.0 Å². The van der Waals surface area contributed by atoms with Crippen molar-refractivity contribution in [1.29, 1.82) is 0 Å². The first-order valence-electron chi connectivity index (χ1n) is 8.10. The monoisotopic (exact) mass is 370 g/mol. The number of carbonyl (C=O) groups excluding carboxylic acids is 1. The molecule has 0 aliphatic heterocycles. The average Bonchev–Trinajstić information content (AvgIpc) is 3.11. The van der Waals surface area contributed by atoms with Crippen LogP contribution in [0.5, 0.6) is 11.5 Å². The molecule has 140 valence electrons.